The van der Waals surface area contributed by atoms with Crippen molar-refractivity contribution in [2.75, 3.05) is 41.3 Å². The largest absolute Gasteiger partial charge is 0.476 e. The summed E-state index contributed by atoms with van der Waals surface area (Å²) in [6.07, 6.45) is 1.75. The van der Waals surface area contributed by atoms with Crippen LogP contribution >= 0.6 is 0 Å². The monoisotopic (exact) mass is 265 g/mol. The number of rotatable bonds is 6. The number of hydrogen-bond acceptors (Lipinski definition) is 4. The first-order chi connectivity index (χ1) is 9.15. The van der Waals surface area contributed by atoms with Gasteiger partial charge in [-0.2, -0.15) is 0 Å². The standard InChI is InChI=1S/C13H23N5O/c1-14-13(15-2)17-10-11-5-6-16-12(9-11)19-8-7-18(3)4/h5-6,9H,7-8,10H2,1-4H3,(H2,14,15,17). The fraction of sp³-hybridized carbons (Fsp3) is 0.538. The van der Waals surface area contributed by atoms with Gasteiger partial charge in [0.25, 0.3) is 0 Å². The fourth-order valence-corrected chi connectivity index (χ4v) is 1.44. The summed E-state index contributed by atoms with van der Waals surface area (Å²) in [5, 5.41) is 6.15. The van der Waals surface area contributed by atoms with Crippen LogP contribution in [0.25, 0.3) is 0 Å². The second-order valence-corrected chi connectivity index (χ2v) is 4.33. The molecular formula is C13H23N5O. The highest BCUT2D eigenvalue weighted by molar-refractivity contribution is 5.79. The predicted molar refractivity (Wildman–Crippen MR) is 77.5 cm³/mol. The van der Waals surface area contributed by atoms with Crippen LogP contribution in [-0.4, -0.2) is 57.2 Å². The number of nitrogens with one attached hydrogen (secondary N) is 2. The van der Waals surface area contributed by atoms with Crippen LogP contribution in [0, 0.1) is 0 Å². The van der Waals surface area contributed by atoms with Gasteiger partial charge in [0.1, 0.15) is 6.61 Å². The first kappa shape index (κ1) is 15.2. The average Bonchev–Trinajstić information content (AvgIpc) is 2.40. The highest BCUT2D eigenvalue weighted by Gasteiger charge is 2.00. The third-order valence-corrected chi connectivity index (χ3v) is 2.51. The van der Waals surface area contributed by atoms with Gasteiger partial charge in [-0.3, -0.25) is 4.99 Å². The molecule has 0 fully saturated rings. The summed E-state index contributed by atoms with van der Waals surface area (Å²) in [6, 6.07) is 3.89. The molecule has 0 saturated carbocycles. The van der Waals surface area contributed by atoms with Gasteiger partial charge in [0.05, 0.1) is 0 Å². The molecular weight excluding hydrogens is 242 g/mol. The van der Waals surface area contributed by atoms with Crippen molar-refractivity contribution < 1.29 is 4.74 Å². The number of aromatic nitrogens is 1. The number of guanidine groups is 1. The maximum Gasteiger partial charge on any atom is 0.213 e. The number of pyridine rings is 1. The van der Waals surface area contributed by atoms with Gasteiger partial charge in [-0.05, 0) is 25.7 Å². The smallest absolute Gasteiger partial charge is 0.213 e. The van der Waals surface area contributed by atoms with Gasteiger partial charge in [-0.15, -0.1) is 0 Å². The second-order valence-electron chi connectivity index (χ2n) is 4.33. The molecule has 6 nitrogen and oxygen atoms in total. The number of ether oxygens (including phenoxy) is 1. The molecule has 0 aromatic carbocycles. The minimum atomic E-state index is 0.634. The molecule has 1 heterocycles. The van der Waals surface area contributed by atoms with Gasteiger partial charge in [0.15, 0.2) is 5.96 Å². The summed E-state index contributed by atoms with van der Waals surface area (Å²) in [5.41, 5.74) is 1.10. The lowest BCUT2D eigenvalue weighted by molar-refractivity contribution is 0.253. The maximum atomic E-state index is 5.59. The Bertz CT molecular complexity index is 406. The normalized spacial score (nSPS) is 11.5. The Balaban J connectivity index is 2.47. The van der Waals surface area contributed by atoms with E-state index in [0.29, 0.717) is 19.0 Å². The van der Waals surface area contributed by atoms with Crippen LogP contribution in [0.4, 0.5) is 0 Å². The zero-order valence-corrected chi connectivity index (χ0v) is 12.1. The van der Waals surface area contributed by atoms with Gasteiger partial charge in [0, 0.05) is 39.4 Å². The van der Waals surface area contributed by atoms with Crippen molar-refractivity contribution in [2.24, 2.45) is 4.99 Å². The van der Waals surface area contributed by atoms with Crippen molar-refractivity contribution in [2.45, 2.75) is 6.54 Å². The highest BCUT2D eigenvalue weighted by Crippen LogP contribution is 2.09. The first-order valence-electron chi connectivity index (χ1n) is 6.26. The molecule has 19 heavy (non-hydrogen) atoms. The SMILES string of the molecule is CN=C(NC)NCc1ccnc(OCCN(C)C)c1. The Morgan fingerprint density at radius 3 is 2.89 bits per heavy atom. The van der Waals surface area contributed by atoms with Gasteiger partial charge in [-0.1, -0.05) is 0 Å². The van der Waals surface area contributed by atoms with Crippen LogP contribution in [0.5, 0.6) is 5.88 Å². The maximum absolute atomic E-state index is 5.59. The number of likely N-dealkylation sites (N-methyl/N-ethyl adjacent to an activating group) is 1. The molecule has 0 aliphatic heterocycles. The van der Waals surface area contributed by atoms with E-state index in [0.717, 1.165) is 18.1 Å². The Morgan fingerprint density at radius 2 is 2.26 bits per heavy atom. The summed E-state index contributed by atoms with van der Waals surface area (Å²) in [4.78, 5) is 10.3. The van der Waals surface area contributed by atoms with E-state index in [1.807, 2.05) is 33.3 Å². The molecule has 0 amide bonds. The molecule has 0 aliphatic rings. The zero-order valence-electron chi connectivity index (χ0n) is 12.1. The fourth-order valence-electron chi connectivity index (χ4n) is 1.44. The highest BCUT2D eigenvalue weighted by atomic mass is 16.5. The lowest BCUT2D eigenvalue weighted by Crippen LogP contribution is -2.34. The number of aliphatic imine (C=N–C) groups is 1. The van der Waals surface area contributed by atoms with E-state index in [9.17, 15) is 0 Å². The summed E-state index contributed by atoms with van der Waals surface area (Å²) in [7, 11) is 7.60. The van der Waals surface area contributed by atoms with Crippen molar-refractivity contribution in [3.8, 4) is 5.88 Å². The molecule has 1 aromatic heterocycles. The van der Waals surface area contributed by atoms with Gasteiger partial charge >= 0.3 is 0 Å². The molecule has 0 unspecified atom stereocenters. The van der Waals surface area contributed by atoms with Crippen molar-refractivity contribution >= 4 is 5.96 Å². The molecule has 0 aliphatic carbocycles. The third-order valence-electron chi connectivity index (χ3n) is 2.51. The van der Waals surface area contributed by atoms with E-state index in [1.165, 1.54) is 0 Å². The van der Waals surface area contributed by atoms with E-state index in [2.05, 4.69) is 25.5 Å². The topological polar surface area (TPSA) is 61.8 Å². The summed E-state index contributed by atoms with van der Waals surface area (Å²) in [6.45, 7) is 2.19. The van der Waals surface area contributed by atoms with E-state index in [4.69, 9.17) is 4.74 Å². The summed E-state index contributed by atoms with van der Waals surface area (Å²) >= 11 is 0. The van der Waals surface area contributed by atoms with E-state index in [1.54, 1.807) is 13.2 Å². The molecule has 0 bridgehead atoms. The van der Waals surface area contributed by atoms with Crippen LogP contribution < -0.4 is 15.4 Å². The molecule has 2 N–H and O–H groups in total. The molecule has 1 aromatic rings. The first-order valence-corrected chi connectivity index (χ1v) is 6.26. The van der Waals surface area contributed by atoms with E-state index in [-0.39, 0.29) is 0 Å². The lowest BCUT2D eigenvalue weighted by Gasteiger charge is -2.12. The third kappa shape index (κ3) is 6.05. The Kier molecular flexibility index (Phi) is 6.67. The minimum Gasteiger partial charge on any atom is -0.476 e. The van der Waals surface area contributed by atoms with Crippen LogP contribution in [-0.2, 0) is 6.54 Å². The molecule has 106 valence electrons. The molecule has 0 atom stereocenters. The van der Waals surface area contributed by atoms with Gasteiger partial charge in [0.2, 0.25) is 5.88 Å². The average molecular weight is 265 g/mol. The van der Waals surface area contributed by atoms with E-state index < -0.39 is 0 Å². The van der Waals surface area contributed by atoms with Crippen LogP contribution in [0.15, 0.2) is 23.3 Å². The number of nitrogens with zero attached hydrogens (tertiary/aromatic N) is 3. The number of hydrogen-bond donors (Lipinski definition) is 2. The molecule has 6 heteroatoms. The molecule has 0 spiro atoms. The second kappa shape index (κ2) is 8.31. The Hall–Kier alpha value is -1.82. The van der Waals surface area contributed by atoms with Gasteiger partial charge in [-0.25, -0.2) is 4.98 Å². The van der Waals surface area contributed by atoms with Crippen molar-refractivity contribution in [3.05, 3.63) is 23.9 Å². The van der Waals surface area contributed by atoms with Crippen LogP contribution in [0.1, 0.15) is 5.56 Å². The zero-order chi connectivity index (χ0) is 14.1. The predicted octanol–water partition coefficient (Wildman–Crippen LogP) is 0.317. The van der Waals surface area contributed by atoms with Crippen LogP contribution in [0.3, 0.4) is 0 Å². The van der Waals surface area contributed by atoms with Gasteiger partial charge < -0.3 is 20.3 Å². The molecule has 0 radical (unpaired) electrons. The Morgan fingerprint density at radius 1 is 1.47 bits per heavy atom. The molecule has 1 rings (SSSR count). The minimum absolute atomic E-state index is 0.634. The molecule has 0 saturated heterocycles. The lowest BCUT2D eigenvalue weighted by atomic mass is 10.2. The van der Waals surface area contributed by atoms with E-state index >= 15 is 0 Å². The van der Waals surface area contributed by atoms with Crippen molar-refractivity contribution in [1.82, 2.24) is 20.5 Å². The van der Waals surface area contributed by atoms with Crippen LogP contribution in [0.2, 0.25) is 0 Å². The quantitative estimate of drug-likeness (QED) is 0.573. The summed E-state index contributed by atoms with van der Waals surface area (Å²) in [5.74, 6) is 1.41. The summed E-state index contributed by atoms with van der Waals surface area (Å²) < 4.78 is 5.59. The van der Waals surface area contributed by atoms with Crippen molar-refractivity contribution in [3.63, 3.8) is 0 Å². The Labute approximate surface area is 114 Å². The van der Waals surface area contributed by atoms with Crippen molar-refractivity contribution in [1.29, 1.82) is 0 Å².